The lowest BCUT2D eigenvalue weighted by atomic mass is 10.3. The van der Waals surface area contributed by atoms with Gasteiger partial charge in [0.25, 0.3) is 0 Å². The van der Waals surface area contributed by atoms with E-state index in [2.05, 4.69) is 0 Å². The van der Waals surface area contributed by atoms with Gasteiger partial charge in [-0.1, -0.05) is 12.1 Å². The first-order valence-electron chi connectivity index (χ1n) is 4.45. The van der Waals surface area contributed by atoms with E-state index >= 15 is 0 Å². The largest absolute Gasteiger partial charge is 0.496 e. The Hall–Kier alpha value is -0.880. The summed E-state index contributed by atoms with van der Waals surface area (Å²) in [6, 6.07) is 6.73. The topological polar surface area (TPSA) is 29.5 Å². The summed E-state index contributed by atoms with van der Waals surface area (Å²) in [5.74, 6) is 0.0611. The Kier molecular flexibility index (Phi) is 4.49. The fraction of sp³-hybridized carbons (Fsp3) is 0.400. The number of para-hydroxylation sites is 1. The average Bonchev–Trinajstić information content (AvgIpc) is 2.24. The van der Waals surface area contributed by atoms with Crippen LogP contribution in [0.15, 0.2) is 29.2 Å². The fourth-order valence-electron chi connectivity index (χ4n) is 1.00. The van der Waals surface area contributed by atoms with Crippen molar-refractivity contribution in [2.24, 2.45) is 0 Å². The number of aliphatic hydroxyl groups is 1. The number of alkyl halides is 3. The molecule has 1 aromatic rings. The lowest BCUT2D eigenvalue weighted by Gasteiger charge is -2.14. The van der Waals surface area contributed by atoms with Crippen LogP contribution in [-0.4, -0.2) is 30.2 Å². The van der Waals surface area contributed by atoms with Crippen LogP contribution in [0.3, 0.4) is 0 Å². The third-order valence-corrected chi connectivity index (χ3v) is 2.97. The molecule has 2 nitrogen and oxygen atoms in total. The Balaban J connectivity index is 2.61. The summed E-state index contributed by atoms with van der Waals surface area (Å²) in [6.07, 6.45) is -6.89. The average molecular weight is 252 g/mol. The van der Waals surface area contributed by atoms with Gasteiger partial charge in [-0.2, -0.15) is 13.2 Å². The van der Waals surface area contributed by atoms with Crippen LogP contribution in [0.5, 0.6) is 5.75 Å². The van der Waals surface area contributed by atoms with Gasteiger partial charge >= 0.3 is 6.18 Å². The highest BCUT2D eigenvalue weighted by molar-refractivity contribution is 7.99. The zero-order valence-corrected chi connectivity index (χ0v) is 9.31. The minimum Gasteiger partial charge on any atom is -0.496 e. The van der Waals surface area contributed by atoms with E-state index in [1.165, 1.54) is 7.11 Å². The van der Waals surface area contributed by atoms with Gasteiger partial charge in [0.05, 0.1) is 7.11 Å². The number of thioether (sulfide) groups is 1. The minimum absolute atomic E-state index is 0.441. The second-order valence-corrected chi connectivity index (χ2v) is 4.08. The number of aliphatic hydroxyl groups excluding tert-OH is 1. The number of rotatable bonds is 4. The molecule has 0 aliphatic heterocycles. The Bertz CT molecular complexity index is 341. The summed E-state index contributed by atoms with van der Waals surface area (Å²) in [5.41, 5.74) is 0. The van der Waals surface area contributed by atoms with Crippen molar-refractivity contribution in [2.75, 3.05) is 12.9 Å². The number of halogens is 3. The van der Waals surface area contributed by atoms with Gasteiger partial charge in [-0.3, -0.25) is 0 Å². The van der Waals surface area contributed by atoms with E-state index in [-0.39, 0.29) is 0 Å². The van der Waals surface area contributed by atoms with Gasteiger partial charge in [0.1, 0.15) is 5.75 Å². The smallest absolute Gasteiger partial charge is 0.415 e. The van der Waals surface area contributed by atoms with Crippen LogP contribution in [0.2, 0.25) is 0 Å². The maximum Gasteiger partial charge on any atom is 0.415 e. The Labute approximate surface area is 95.4 Å². The second-order valence-electron chi connectivity index (χ2n) is 3.02. The van der Waals surface area contributed by atoms with Gasteiger partial charge in [0.2, 0.25) is 0 Å². The van der Waals surface area contributed by atoms with E-state index in [0.717, 1.165) is 11.8 Å². The molecule has 0 saturated heterocycles. The molecule has 1 rings (SSSR count). The first-order chi connectivity index (χ1) is 7.45. The molecule has 0 fully saturated rings. The molecule has 0 radical (unpaired) electrons. The molecule has 90 valence electrons. The van der Waals surface area contributed by atoms with Gasteiger partial charge in [-0.05, 0) is 12.1 Å². The van der Waals surface area contributed by atoms with Crippen molar-refractivity contribution < 1.29 is 23.0 Å². The van der Waals surface area contributed by atoms with Crippen molar-refractivity contribution in [1.29, 1.82) is 0 Å². The van der Waals surface area contributed by atoms with Gasteiger partial charge < -0.3 is 9.84 Å². The molecule has 6 heteroatoms. The Morgan fingerprint density at radius 2 is 2.00 bits per heavy atom. The molecule has 0 heterocycles. The Morgan fingerprint density at radius 3 is 2.56 bits per heavy atom. The molecule has 0 saturated carbocycles. The van der Waals surface area contributed by atoms with Crippen molar-refractivity contribution in [3.8, 4) is 5.75 Å². The predicted octanol–water partition coefficient (Wildman–Crippen LogP) is 2.71. The number of hydrogen-bond acceptors (Lipinski definition) is 3. The minimum atomic E-state index is -4.57. The molecule has 0 bridgehead atoms. The van der Waals surface area contributed by atoms with Gasteiger partial charge in [-0.15, -0.1) is 11.8 Å². The maximum absolute atomic E-state index is 12.0. The predicted molar refractivity (Wildman–Crippen MR) is 55.8 cm³/mol. The number of ether oxygens (including phenoxy) is 1. The molecule has 1 atom stereocenters. The first-order valence-corrected chi connectivity index (χ1v) is 5.44. The molecule has 0 aliphatic rings. The highest BCUT2D eigenvalue weighted by Crippen LogP contribution is 2.31. The van der Waals surface area contributed by atoms with Crippen LogP contribution in [0, 0.1) is 0 Å². The van der Waals surface area contributed by atoms with Crippen LogP contribution in [0.1, 0.15) is 0 Å². The number of hydrogen-bond donors (Lipinski definition) is 1. The molecule has 0 spiro atoms. The Morgan fingerprint density at radius 1 is 1.38 bits per heavy atom. The van der Waals surface area contributed by atoms with Crippen molar-refractivity contribution in [3.63, 3.8) is 0 Å². The van der Waals surface area contributed by atoms with Crippen molar-refractivity contribution >= 4 is 11.8 Å². The van der Waals surface area contributed by atoms with Crippen molar-refractivity contribution in [2.45, 2.75) is 17.2 Å². The number of methoxy groups -OCH3 is 1. The number of benzene rings is 1. The quantitative estimate of drug-likeness (QED) is 0.835. The summed E-state index contributed by atoms with van der Waals surface area (Å²) in [6.45, 7) is 0. The maximum atomic E-state index is 12.0. The summed E-state index contributed by atoms with van der Waals surface area (Å²) < 4.78 is 41.1. The van der Waals surface area contributed by atoms with Crippen LogP contribution < -0.4 is 4.74 Å². The summed E-state index contributed by atoms with van der Waals surface area (Å²) >= 11 is 0.912. The van der Waals surface area contributed by atoms with Crippen LogP contribution >= 0.6 is 11.8 Å². The van der Waals surface area contributed by atoms with E-state index in [4.69, 9.17) is 9.84 Å². The van der Waals surface area contributed by atoms with Crippen molar-refractivity contribution in [1.82, 2.24) is 0 Å². The molecule has 0 amide bonds. The zero-order chi connectivity index (χ0) is 12.2. The molecular weight excluding hydrogens is 241 g/mol. The lowest BCUT2D eigenvalue weighted by Crippen LogP contribution is -2.30. The molecule has 1 aromatic carbocycles. The van der Waals surface area contributed by atoms with E-state index in [1.807, 2.05) is 0 Å². The van der Waals surface area contributed by atoms with Crippen molar-refractivity contribution in [3.05, 3.63) is 24.3 Å². The normalized spacial score (nSPS) is 13.6. The highest BCUT2D eigenvalue weighted by Gasteiger charge is 2.38. The molecular formula is C10H11F3O2S. The third kappa shape index (κ3) is 3.61. The van der Waals surface area contributed by atoms with Crippen LogP contribution in [-0.2, 0) is 0 Å². The van der Waals surface area contributed by atoms with E-state index < -0.39 is 18.0 Å². The standard InChI is InChI=1S/C10H11F3O2S/c1-15-7-4-2-3-5-8(7)16-6-9(14)10(11,12)13/h2-5,9,14H,6H2,1H3. The first kappa shape index (κ1) is 13.2. The zero-order valence-electron chi connectivity index (χ0n) is 8.49. The highest BCUT2D eigenvalue weighted by atomic mass is 32.2. The monoisotopic (exact) mass is 252 g/mol. The SMILES string of the molecule is COc1ccccc1SCC(O)C(F)(F)F. The lowest BCUT2D eigenvalue weighted by molar-refractivity contribution is -0.195. The molecule has 16 heavy (non-hydrogen) atoms. The fourth-order valence-corrected chi connectivity index (χ4v) is 2.00. The molecule has 0 aromatic heterocycles. The second kappa shape index (κ2) is 5.45. The summed E-state index contributed by atoms with van der Waals surface area (Å²) in [4.78, 5) is 0.577. The van der Waals surface area contributed by atoms with E-state index in [0.29, 0.717) is 10.6 Å². The molecule has 1 N–H and O–H groups in total. The van der Waals surface area contributed by atoms with E-state index in [1.54, 1.807) is 24.3 Å². The van der Waals surface area contributed by atoms with Gasteiger partial charge in [-0.25, -0.2) is 0 Å². The van der Waals surface area contributed by atoms with Crippen LogP contribution in [0.25, 0.3) is 0 Å². The van der Waals surface area contributed by atoms with Gasteiger partial charge in [0.15, 0.2) is 6.10 Å². The van der Waals surface area contributed by atoms with Crippen LogP contribution in [0.4, 0.5) is 13.2 Å². The summed E-state index contributed by atoms with van der Waals surface area (Å²) in [7, 11) is 1.44. The molecule has 1 unspecified atom stereocenters. The molecule has 0 aliphatic carbocycles. The summed E-state index contributed by atoms with van der Waals surface area (Å²) in [5, 5.41) is 8.82. The van der Waals surface area contributed by atoms with E-state index in [9.17, 15) is 13.2 Å². The van der Waals surface area contributed by atoms with Gasteiger partial charge in [0, 0.05) is 10.6 Å². The third-order valence-electron chi connectivity index (χ3n) is 1.84.